The highest BCUT2D eigenvalue weighted by atomic mass is 35.5. The number of carboxylic acids is 1. The van der Waals surface area contributed by atoms with Crippen LogP contribution < -0.4 is 15.4 Å². The van der Waals surface area contributed by atoms with Gasteiger partial charge in [-0.15, -0.1) is 11.6 Å². The van der Waals surface area contributed by atoms with Crippen molar-refractivity contribution in [2.45, 2.75) is 52.1 Å². The van der Waals surface area contributed by atoms with Gasteiger partial charge in [-0.1, -0.05) is 54.1 Å². The average molecular weight is 740 g/mol. The normalized spacial score (nSPS) is 12.0. The Balaban J connectivity index is 0.00000168. The summed E-state index contributed by atoms with van der Waals surface area (Å²) in [7, 11) is 1.69. The van der Waals surface area contributed by atoms with Gasteiger partial charge in [0.15, 0.2) is 0 Å². The molecule has 1 unspecified atom stereocenters. The summed E-state index contributed by atoms with van der Waals surface area (Å²) < 4.78 is 19.3. The minimum atomic E-state index is -1.00. The van der Waals surface area contributed by atoms with E-state index in [4.69, 9.17) is 33.0 Å². The number of alkyl halides is 1. The number of benzene rings is 3. The van der Waals surface area contributed by atoms with E-state index < -0.39 is 12.0 Å². The van der Waals surface area contributed by atoms with E-state index in [1.54, 1.807) is 37.4 Å². The van der Waals surface area contributed by atoms with Gasteiger partial charge in [0.05, 0.1) is 11.6 Å². The van der Waals surface area contributed by atoms with Gasteiger partial charge in [-0.05, 0) is 92.4 Å². The van der Waals surface area contributed by atoms with E-state index >= 15 is 0 Å². The van der Waals surface area contributed by atoms with E-state index in [0.717, 1.165) is 5.56 Å². The topological polar surface area (TPSA) is 120 Å². The molecule has 3 rings (SSSR count). The summed E-state index contributed by atoms with van der Waals surface area (Å²) in [6.45, 7) is 4.78. The first-order valence-corrected chi connectivity index (χ1v) is 17.4. The minimum Gasteiger partial charge on any atom is -0.478 e. The van der Waals surface area contributed by atoms with E-state index in [1.165, 1.54) is 29.8 Å². The predicted octanol–water partition coefficient (Wildman–Crippen LogP) is 8.25. The molecule has 2 amide bonds. The van der Waals surface area contributed by atoms with Crippen LogP contribution in [0.2, 0.25) is 0 Å². The van der Waals surface area contributed by atoms with Crippen molar-refractivity contribution in [2.75, 3.05) is 19.5 Å². The molecule has 0 aliphatic heterocycles. The molecule has 1 atom stereocenters. The van der Waals surface area contributed by atoms with Crippen LogP contribution in [0, 0.1) is 5.82 Å². The zero-order valence-electron chi connectivity index (χ0n) is 29.0. The predicted molar refractivity (Wildman–Crippen MR) is 203 cm³/mol. The molecule has 0 spiro atoms. The number of nitrogens with one attached hydrogen (secondary N) is 2. The SMILES string of the molecule is C/C=C/C=C/N(CC)C(=NC)C(Cc1ccc(Oc2ccc(C(=O)O)cc2)cc1)NC(=O)CCCC(=O)NCc1cccc(F)c1.Cl/C=C/CCl. The summed E-state index contributed by atoms with van der Waals surface area (Å²) in [4.78, 5) is 43.1. The van der Waals surface area contributed by atoms with Gasteiger partial charge in [0, 0.05) is 50.6 Å². The molecule has 3 aromatic rings. The number of halogens is 3. The van der Waals surface area contributed by atoms with Crippen molar-refractivity contribution in [1.29, 1.82) is 0 Å². The maximum Gasteiger partial charge on any atom is 0.335 e. The summed E-state index contributed by atoms with van der Waals surface area (Å²) in [6.07, 6.45) is 10.4. The average Bonchev–Trinajstić information content (AvgIpc) is 3.12. The van der Waals surface area contributed by atoms with Crippen LogP contribution in [0.3, 0.4) is 0 Å². The van der Waals surface area contributed by atoms with Crippen molar-refractivity contribution in [3.8, 4) is 11.5 Å². The number of allylic oxidation sites excluding steroid dienone is 4. The number of carbonyl (C=O) groups is 3. The van der Waals surface area contributed by atoms with Crippen LogP contribution in [0.5, 0.6) is 11.5 Å². The van der Waals surface area contributed by atoms with Gasteiger partial charge in [0.1, 0.15) is 23.2 Å². The highest BCUT2D eigenvalue weighted by molar-refractivity contribution is 6.26. The molecule has 0 aromatic heterocycles. The maximum absolute atomic E-state index is 13.4. The molecule has 51 heavy (non-hydrogen) atoms. The molecule has 9 nitrogen and oxygen atoms in total. The Labute approximate surface area is 309 Å². The van der Waals surface area contributed by atoms with Crippen molar-refractivity contribution in [3.63, 3.8) is 0 Å². The number of ether oxygens (including phenoxy) is 1. The van der Waals surface area contributed by atoms with Crippen molar-refractivity contribution in [2.24, 2.45) is 4.99 Å². The summed E-state index contributed by atoms with van der Waals surface area (Å²) in [5, 5.41) is 15.0. The summed E-state index contributed by atoms with van der Waals surface area (Å²) >= 11 is 10.2. The number of amidine groups is 1. The maximum atomic E-state index is 13.4. The van der Waals surface area contributed by atoms with Crippen LogP contribution in [0.25, 0.3) is 0 Å². The van der Waals surface area contributed by atoms with Crippen LogP contribution in [0.1, 0.15) is 54.6 Å². The lowest BCUT2D eigenvalue weighted by molar-refractivity contribution is -0.122. The zero-order chi connectivity index (χ0) is 37.4. The Morgan fingerprint density at radius 3 is 2.20 bits per heavy atom. The number of aliphatic imine (C=N–C) groups is 1. The molecule has 3 N–H and O–H groups in total. The molecule has 0 saturated heterocycles. The molecule has 0 aliphatic rings. The fourth-order valence-corrected chi connectivity index (χ4v) is 4.95. The van der Waals surface area contributed by atoms with Crippen molar-refractivity contribution in [3.05, 3.63) is 131 Å². The van der Waals surface area contributed by atoms with Crippen LogP contribution in [-0.4, -0.2) is 59.1 Å². The van der Waals surface area contributed by atoms with Crippen LogP contribution in [0.4, 0.5) is 4.39 Å². The Bertz CT molecular complexity index is 1640. The van der Waals surface area contributed by atoms with E-state index in [9.17, 15) is 18.8 Å². The van der Waals surface area contributed by atoms with Gasteiger partial charge in [0.2, 0.25) is 11.8 Å². The molecule has 0 heterocycles. The second kappa shape index (κ2) is 24.3. The number of hydrogen-bond donors (Lipinski definition) is 3. The second-order valence-corrected chi connectivity index (χ2v) is 11.5. The largest absolute Gasteiger partial charge is 0.478 e. The number of likely N-dealkylation sites (N-methyl/N-ethyl adjacent to an activating group) is 1. The summed E-state index contributed by atoms with van der Waals surface area (Å²) in [5.74, 6) is 0.496. The molecule has 0 aliphatic carbocycles. The smallest absolute Gasteiger partial charge is 0.335 e. The highest BCUT2D eigenvalue weighted by Gasteiger charge is 2.22. The molecule has 0 bridgehead atoms. The summed E-state index contributed by atoms with van der Waals surface area (Å²) in [6, 6.07) is 19.2. The van der Waals surface area contributed by atoms with E-state index in [-0.39, 0.29) is 42.6 Å². The lowest BCUT2D eigenvalue weighted by Crippen LogP contribution is -2.48. The third kappa shape index (κ3) is 16.6. The molecule has 3 aromatic carbocycles. The van der Waals surface area contributed by atoms with E-state index in [1.807, 2.05) is 67.4 Å². The molecular weight excluding hydrogens is 694 g/mol. The summed E-state index contributed by atoms with van der Waals surface area (Å²) in [5.41, 5.74) is 3.17. The van der Waals surface area contributed by atoms with Crippen molar-refractivity contribution < 1.29 is 28.6 Å². The first-order valence-electron chi connectivity index (χ1n) is 16.4. The fourth-order valence-electron chi connectivity index (χ4n) is 4.68. The number of hydrogen-bond acceptors (Lipinski definition) is 5. The van der Waals surface area contributed by atoms with Gasteiger partial charge < -0.3 is 25.4 Å². The van der Waals surface area contributed by atoms with Crippen molar-refractivity contribution in [1.82, 2.24) is 15.5 Å². The molecule has 272 valence electrons. The lowest BCUT2D eigenvalue weighted by Gasteiger charge is -2.28. The Morgan fingerprint density at radius 1 is 0.980 bits per heavy atom. The zero-order valence-corrected chi connectivity index (χ0v) is 30.5. The number of aromatic carboxylic acids is 1. The van der Waals surface area contributed by atoms with Gasteiger partial charge >= 0.3 is 5.97 Å². The van der Waals surface area contributed by atoms with Gasteiger partial charge in [-0.3, -0.25) is 14.6 Å². The number of carbonyl (C=O) groups excluding carboxylic acids is 2. The second-order valence-electron chi connectivity index (χ2n) is 10.9. The van der Waals surface area contributed by atoms with E-state index in [2.05, 4.69) is 15.6 Å². The van der Waals surface area contributed by atoms with Crippen LogP contribution in [-0.2, 0) is 22.6 Å². The Hall–Kier alpha value is -4.93. The van der Waals surface area contributed by atoms with Crippen LogP contribution >= 0.6 is 23.2 Å². The molecule has 12 heteroatoms. The van der Waals surface area contributed by atoms with E-state index in [0.29, 0.717) is 48.2 Å². The molecule has 0 fully saturated rings. The monoisotopic (exact) mass is 738 g/mol. The third-order valence-corrected chi connectivity index (χ3v) is 7.50. The Morgan fingerprint density at radius 2 is 1.65 bits per heavy atom. The van der Waals surface area contributed by atoms with Gasteiger partial charge in [0.25, 0.3) is 0 Å². The Kier molecular flexibility index (Phi) is 20.1. The number of nitrogens with zero attached hydrogens (tertiary/aromatic N) is 2. The minimum absolute atomic E-state index is 0.148. The van der Waals surface area contributed by atoms with Gasteiger partial charge in [-0.25, -0.2) is 9.18 Å². The number of amides is 2. The first-order chi connectivity index (χ1) is 24.6. The quantitative estimate of drug-likeness (QED) is 0.0555. The lowest BCUT2D eigenvalue weighted by atomic mass is 10.0. The molecular formula is C39H45Cl2FN4O5. The van der Waals surface area contributed by atoms with Crippen molar-refractivity contribution >= 4 is 46.8 Å². The van der Waals surface area contributed by atoms with Crippen LogP contribution in [0.15, 0.2) is 114 Å². The highest BCUT2D eigenvalue weighted by Crippen LogP contribution is 2.23. The fraction of sp³-hybridized carbons (Fsp3) is 0.282. The third-order valence-electron chi connectivity index (χ3n) is 7.15. The molecule has 0 saturated carbocycles. The molecule has 0 radical (unpaired) electrons. The standard InChI is InChI=1S/C36H41FN4O5.C3H4Cl2/c1-4-6-7-22-41(5-2)35(38-3)32(40-34(43)13-9-12-33(42)39-25-27-10-8-11-29(37)23-27)24-26-14-18-30(19-15-26)46-31-20-16-28(17-21-31)36(44)45;4-2-1-3-5/h4,6-8,10-11,14-23,32H,5,9,12-13,24-25H2,1-3H3,(H,39,42)(H,40,43)(H,44,45);1-2H,3H2/b6-4+,22-7+,38-35?;2-1+. The number of carboxylic acid groups (broad SMARTS) is 1. The number of rotatable bonds is 17. The van der Waals surface area contributed by atoms with Gasteiger partial charge in [-0.2, -0.15) is 0 Å². The first kappa shape index (κ1) is 42.2.